The summed E-state index contributed by atoms with van der Waals surface area (Å²) < 4.78 is 10.9. The Bertz CT molecular complexity index is 369. The highest BCUT2D eigenvalue weighted by molar-refractivity contribution is 5.40. The van der Waals surface area contributed by atoms with Gasteiger partial charge in [-0.15, -0.1) is 0 Å². The number of benzene rings is 1. The Balaban J connectivity index is 2.28. The Kier molecular flexibility index (Phi) is 2.47. The molecule has 2 heteroatoms. The highest BCUT2D eigenvalue weighted by Gasteiger charge is 2.48. The van der Waals surface area contributed by atoms with E-state index in [0.717, 1.165) is 12.2 Å². The summed E-state index contributed by atoms with van der Waals surface area (Å²) in [5.74, 6) is 0.972. The third kappa shape index (κ3) is 1.86. The molecule has 0 aliphatic carbocycles. The topological polar surface area (TPSA) is 21.8 Å². The summed E-state index contributed by atoms with van der Waals surface area (Å²) >= 11 is 0. The second kappa shape index (κ2) is 3.53. The average Bonchev–Trinajstić information content (AvgIpc) is 2.86. The van der Waals surface area contributed by atoms with Crippen molar-refractivity contribution >= 4 is 0 Å². The van der Waals surface area contributed by atoms with Gasteiger partial charge in [-0.05, 0) is 43.5 Å². The highest BCUT2D eigenvalue weighted by Crippen LogP contribution is 2.49. The molecule has 0 spiro atoms. The summed E-state index contributed by atoms with van der Waals surface area (Å²) in [6.45, 7) is 6.38. The number of epoxide rings is 1. The maximum Gasteiger partial charge on any atom is 0.122 e. The first-order valence-corrected chi connectivity index (χ1v) is 5.43. The zero-order chi connectivity index (χ0) is 11.1. The van der Waals surface area contributed by atoms with Crippen molar-refractivity contribution in [2.45, 2.75) is 38.9 Å². The summed E-state index contributed by atoms with van der Waals surface area (Å²) in [7, 11) is 1.71. The van der Waals surface area contributed by atoms with Crippen molar-refractivity contribution in [3.63, 3.8) is 0 Å². The normalized spacial score (nSPS) is 22.5. The minimum Gasteiger partial charge on any atom is -0.496 e. The van der Waals surface area contributed by atoms with E-state index in [9.17, 15) is 0 Å². The average molecular weight is 206 g/mol. The van der Waals surface area contributed by atoms with Crippen molar-refractivity contribution < 1.29 is 9.47 Å². The quantitative estimate of drug-likeness (QED) is 0.709. The number of ether oxygens (including phenoxy) is 2. The van der Waals surface area contributed by atoms with Gasteiger partial charge in [0.15, 0.2) is 0 Å². The van der Waals surface area contributed by atoms with Crippen molar-refractivity contribution in [3.8, 4) is 5.75 Å². The van der Waals surface area contributed by atoms with Crippen LogP contribution < -0.4 is 4.74 Å². The van der Waals surface area contributed by atoms with Gasteiger partial charge in [0.05, 0.1) is 12.7 Å². The molecule has 82 valence electrons. The zero-order valence-corrected chi connectivity index (χ0v) is 9.83. The van der Waals surface area contributed by atoms with Crippen LogP contribution in [0.1, 0.15) is 38.0 Å². The van der Waals surface area contributed by atoms with Gasteiger partial charge < -0.3 is 9.47 Å². The minimum absolute atomic E-state index is 0.0135. The summed E-state index contributed by atoms with van der Waals surface area (Å²) in [5, 5.41) is 0. The number of methoxy groups -OCH3 is 1. The fourth-order valence-corrected chi connectivity index (χ4v) is 1.98. The van der Waals surface area contributed by atoms with Crippen LogP contribution in [0.2, 0.25) is 0 Å². The lowest BCUT2D eigenvalue weighted by atomic mass is 10.00. The molecule has 1 saturated heterocycles. The molecule has 15 heavy (non-hydrogen) atoms. The molecular weight excluding hydrogens is 188 g/mol. The first-order chi connectivity index (χ1) is 7.08. The largest absolute Gasteiger partial charge is 0.496 e. The van der Waals surface area contributed by atoms with Crippen LogP contribution in [-0.4, -0.2) is 12.7 Å². The monoisotopic (exact) mass is 206 g/mol. The van der Waals surface area contributed by atoms with Gasteiger partial charge in [-0.3, -0.25) is 0 Å². The molecule has 2 nitrogen and oxygen atoms in total. The molecule has 0 radical (unpaired) electrons. The van der Waals surface area contributed by atoms with Gasteiger partial charge in [0, 0.05) is 0 Å². The molecule has 0 N–H and O–H groups in total. The Labute approximate surface area is 91.2 Å². The van der Waals surface area contributed by atoms with Crippen molar-refractivity contribution in [1.29, 1.82) is 0 Å². The molecule has 2 rings (SSSR count). The molecule has 1 atom stereocenters. The van der Waals surface area contributed by atoms with Gasteiger partial charge in [-0.25, -0.2) is 0 Å². The van der Waals surface area contributed by atoms with Crippen LogP contribution in [-0.2, 0) is 11.2 Å². The van der Waals surface area contributed by atoms with Crippen LogP contribution in [0.3, 0.4) is 0 Å². The molecule has 1 heterocycles. The van der Waals surface area contributed by atoms with Crippen LogP contribution >= 0.6 is 0 Å². The van der Waals surface area contributed by atoms with Crippen molar-refractivity contribution in [3.05, 3.63) is 29.3 Å². The predicted molar refractivity (Wildman–Crippen MR) is 60.3 cm³/mol. The number of rotatable bonds is 3. The lowest BCUT2D eigenvalue weighted by molar-refractivity contribution is 0.325. The van der Waals surface area contributed by atoms with Gasteiger partial charge in [-0.1, -0.05) is 13.0 Å². The van der Waals surface area contributed by atoms with E-state index < -0.39 is 0 Å². The highest BCUT2D eigenvalue weighted by atomic mass is 16.6. The predicted octanol–water partition coefficient (Wildman–Crippen LogP) is 3.11. The Morgan fingerprint density at radius 1 is 1.40 bits per heavy atom. The minimum atomic E-state index is 0.0135. The lowest BCUT2D eigenvalue weighted by Crippen LogP contribution is -1.99. The standard InChI is InChI=1S/C13H18O2/c1-5-9-8-10(6-7-11(9)14-4)12-13(2,3)15-12/h6-8,12H,5H2,1-4H3. The molecule has 1 aliphatic heterocycles. The number of aryl methyl sites for hydroxylation is 1. The van der Waals surface area contributed by atoms with Gasteiger partial charge in [-0.2, -0.15) is 0 Å². The van der Waals surface area contributed by atoms with Crippen LogP contribution in [0.15, 0.2) is 18.2 Å². The van der Waals surface area contributed by atoms with E-state index in [1.54, 1.807) is 7.11 Å². The van der Waals surface area contributed by atoms with Gasteiger partial charge >= 0.3 is 0 Å². The SMILES string of the molecule is CCc1cc(C2OC2(C)C)ccc1OC. The van der Waals surface area contributed by atoms with Crippen molar-refractivity contribution in [1.82, 2.24) is 0 Å². The van der Waals surface area contributed by atoms with Gasteiger partial charge in [0.2, 0.25) is 0 Å². The number of hydrogen-bond donors (Lipinski definition) is 0. The summed E-state index contributed by atoms with van der Waals surface area (Å²) in [6, 6.07) is 6.32. The van der Waals surface area contributed by atoms with Gasteiger partial charge in [0.25, 0.3) is 0 Å². The van der Waals surface area contributed by atoms with E-state index in [1.807, 2.05) is 6.07 Å². The van der Waals surface area contributed by atoms with Crippen LogP contribution in [0, 0.1) is 0 Å². The first-order valence-electron chi connectivity index (χ1n) is 5.43. The molecule has 0 amide bonds. The molecule has 1 fully saturated rings. The molecule has 0 saturated carbocycles. The van der Waals surface area contributed by atoms with E-state index in [0.29, 0.717) is 0 Å². The van der Waals surface area contributed by atoms with Crippen molar-refractivity contribution in [2.75, 3.05) is 7.11 Å². The van der Waals surface area contributed by atoms with E-state index in [1.165, 1.54) is 11.1 Å². The third-order valence-electron chi connectivity index (χ3n) is 2.98. The fourth-order valence-electron chi connectivity index (χ4n) is 1.98. The molecule has 1 aliphatic rings. The maximum atomic E-state index is 5.62. The molecule has 0 aromatic heterocycles. The second-order valence-electron chi connectivity index (χ2n) is 4.53. The maximum absolute atomic E-state index is 5.62. The first kappa shape index (κ1) is 10.5. The van der Waals surface area contributed by atoms with Gasteiger partial charge in [0.1, 0.15) is 11.9 Å². The molecule has 1 aromatic rings. The smallest absolute Gasteiger partial charge is 0.122 e. The molecule has 1 unspecified atom stereocenters. The Hall–Kier alpha value is -1.02. The van der Waals surface area contributed by atoms with Crippen LogP contribution in [0.5, 0.6) is 5.75 Å². The molecule has 0 bridgehead atoms. The fraction of sp³-hybridized carbons (Fsp3) is 0.538. The van der Waals surface area contributed by atoms with Crippen LogP contribution in [0.4, 0.5) is 0 Å². The van der Waals surface area contributed by atoms with E-state index in [2.05, 4.69) is 32.9 Å². The second-order valence-corrected chi connectivity index (χ2v) is 4.53. The Morgan fingerprint density at radius 2 is 2.07 bits per heavy atom. The van der Waals surface area contributed by atoms with E-state index in [4.69, 9.17) is 9.47 Å². The number of hydrogen-bond acceptors (Lipinski definition) is 2. The van der Waals surface area contributed by atoms with E-state index in [-0.39, 0.29) is 11.7 Å². The van der Waals surface area contributed by atoms with E-state index >= 15 is 0 Å². The Morgan fingerprint density at radius 3 is 2.53 bits per heavy atom. The summed E-state index contributed by atoms with van der Waals surface area (Å²) in [4.78, 5) is 0. The molecule has 1 aromatic carbocycles. The lowest BCUT2D eigenvalue weighted by Gasteiger charge is -2.08. The third-order valence-corrected chi connectivity index (χ3v) is 2.98. The summed E-state index contributed by atoms with van der Waals surface area (Å²) in [5.41, 5.74) is 2.53. The van der Waals surface area contributed by atoms with Crippen molar-refractivity contribution in [2.24, 2.45) is 0 Å². The summed E-state index contributed by atoms with van der Waals surface area (Å²) in [6.07, 6.45) is 1.25. The zero-order valence-electron chi connectivity index (χ0n) is 9.83. The van der Waals surface area contributed by atoms with Crippen LogP contribution in [0.25, 0.3) is 0 Å². The molecular formula is C13H18O2.